The second kappa shape index (κ2) is 6.71. The van der Waals surface area contributed by atoms with E-state index in [0.29, 0.717) is 5.78 Å². The Kier molecular flexibility index (Phi) is 4.96. The Balaban J connectivity index is 0.000000160. The normalized spacial score (nSPS) is 18.1. The first-order valence-electron chi connectivity index (χ1n) is 6.72. The number of hydrogen-bond acceptors (Lipinski definition) is 3. The van der Waals surface area contributed by atoms with Crippen LogP contribution in [0.3, 0.4) is 0 Å². The molecule has 0 bridgehead atoms. The number of fused-ring (bicyclic) bond motifs is 1. The number of Topliss-reactive ketones (excluding diaryl/α,β-unsaturated/α-hetero) is 1. The van der Waals surface area contributed by atoms with Crippen molar-refractivity contribution in [1.29, 1.82) is 0 Å². The molecule has 1 heterocycles. The van der Waals surface area contributed by atoms with E-state index < -0.39 is 0 Å². The number of ether oxygens (including phenoxy) is 1. The zero-order chi connectivity index (χ0) is 14.5. The summed E-state index contributed by atoms with van der Waals surface area (Å²) in [6.07, 6.45) is 3.41. The number of carbonyl (C=O) groups is 1. The van der Waals surface area contributed by atoms with Gasteiger partial charge in [0.05, 0.1) is 7.11 Å². The van der Waals surface area contributed by atoms with Crippen LogP contribution in [0.5, 0.6) is 5.75 Å². The number of rotatable bonds is 3. The highest BCUT2D eigenvalue weighted by Gasteiger charge is 2.39. The maximum Gasteiger partial charge on any atom is 0.145 e. The van der Waals surface area contributed by atoms with Gasteiger partial charge in [-0.05, 0) is 18.6 Å². The Morgan fingerprint density at radius 1 is 1.40 bits per heavy atom. The first-order valence-corrected chi connectivity index (χ1v) is 7.15. The molecule has 3 rings (SSSR count). The molecule has 2 aromatic rings. The smallest absolute Gasteiger partial charge is 0.145 e. The lowest BCUT2D eigenvalue weighted by molar-refractivity contribution is -0.111. The molecule has 0 amide bonds. The van der Waals surface area contributed by atoms with Crippen LogP contribution in [-0.4, -0.2) is 23.3 Å². The Morgan fingerprint density at radius 2 is 2.10 bits per heavy atom. The van der Waals surface area contributed by atoms with E-state index >= 15 is 0 Å². The average molecular weight is 292 g/mol. The number of alkyl halides is 1. The summed E-state index contributed by atoms with van der Waals surface area (Å²) >= 11 is 5.74. The fraction of sp³-hybridized carbons (Fsp3) is 0.375. The van der Waals surface area contributed by atoms with Crippen LogP contribution in [0.4, 0.5) is 0 Å². The molecule has 0 radical (unpaired) electrons. The monoisotopic (exact) mass is 291 g/mol. The molecule has 106 valence electrons. The van der Waals surface area contributed by atoms with Crippen LogP contribution in [0.15, 0.2) is 36.5 Å². The molecule has 2 unspecified atom stereocenters. The van der Waals surface area contributed by atoms with Crippen LogP contribution in [0.1, 0.15) is 19.8 Å². The molecule has 1 aromatic heterocycles. The van der Waals surface area contributed by atoms with E-state index in [0.717, 1.165) is 29.5 Å². The van der Waals surface area contributed by atoms with Gasteiger partial charge < -0.3 is 4.74 Å². The summed E-state index contributed by atoms with van der Waals surface area (Å²) < 4.78 is 5.16. The molecular weight excluding hydrogens is 274 g/mol. The fourth-order valence-corrected chi connectivity index (χ4v) is 2.24. The van der Waals surface area contributed by atoms with Crippen LogP contribution in [0.2, 0.25) is 0 Å². The topological polar surface area (TPSA) is 39.2 Å². The van der Waals surface area contributed by atoms with Crippen molar-refractivity contribution < 1.29 is 9.53 Å². The second-order valence-corrected chi connectivity index (χ2v) is 5.30. The van der Waals surface area contributed by atoms with E-state index in [1.54, 1.807) is 13.3 Å². The molecule has 0 aliphatic heterocycles. The van der Waals surface area contributed by atoms with Crippen LogP contribution in [0, 0.1) is 5.92 Å². The van der Waals surface area contributed by atoms with Gasteiger partial charge in [-0.2, -0.15) is 0 Å². The summed E-state index contributed by atoms with van der Waals surface area (Å²) in [7, 11) is 1.66. The van der Waals surface area contributed by atoms with Crippen molar-refractivity contribution in [3.05, 3.63) is 36.5 Å². The van der Waals surface area contributed by atoms with Crippen molar-refractivity contribution in [3.8, 4) is 5.75 Å². The van der Waals surface area contributed by atoms with Gasteiger partial charge in [0.1, 0.15) is 17.0 Å². The molecule has 3 nitrogen and oxygen atoms in total. The molecule has 0 spiro atoms. The van der Waals surface area contributed by atoms with E-state index in [4.69, 9.17) is 16.3 Å². The summed E-state index contributed by atoms with van der Waals surface area (Å²) in [6.45, 7) is 2.00. The molecule has 1 saturated carbocycles. The van der Waals surface area contributed by atoms with Gasteiger partial charge >= 0.3 is 0 Å². The first kappa shape index (κ1) is 14.8. The number of para-hydroxylation sites is 1. The van der Waals surface area contributed by atoms with Gasteiger partial charge in [-0.15, -0.1) is 11.6 Å². The highest BCUT2D eigenvalue weighted by atomic mass is 35.5. The van der Waals surface area contributed by atoms with Crippen LogP contribution in [0.25, 0.3) is 10.9 Å². The van der Waals surface area contributed by atoms with E-state index in [9.17, 15) is 4.79 Å². The van der Waals surface area contributed by atoms with E-state index in [-0.39, 0.29) is 11.3 Å². The quantitative estimate of drug-likeness (QED) is 0.807. The highest BCUT2D eigenvalue weighted by Crippen LogP contribution is 2.32. The summed E-state index contributed by atoms with van der Waals surface area (Å²) in [6, 6.07) is 9.83. The minimum atomic E-state index is 0.113. The third-order valence-corrected chi connectivity index (χ3v) is 3.93. The van der Waals surface area contributed by atoms with E-state index in [2.05, 4.69) is 4.98 Å². The minimum Gasteiger partial charge on any atom is -0.494 e. The highest BCUT2D eigenvalue weighted by molar-refractivity contribution is 6.24. The maximum atomic E-state index is 10.4. The number of hydrogen-bond donors (Lipinski definition) is 0. The molecule has 1 aliphatic rings. The number of halogens is 1. The largest absolute Gasteiger partial charge is 0.494 e. The zero-order valence-corrected chi connectivity index (χ0v) is 12.4. The third kappa shape index (κ3) is 3.48. The summed E-state index contributed by atoms with van der Waals surface area (Å²) in [5.74, 6) is 1.38. The van der Waals surface area contributed by atoms with Gasteiger partial charge in [-0.25, -0.2) is 0 Å². The number of nitrogens with zero attached hydrogens (tertiary/aromatic N) is 1. The number of benzene rings is 1. The van der Waals surface area contributed by atoms with Crippen LogP contribution in [-0.2, 0) is 4.79 Å². The van der Waals surface area contributed by atoms with Gasteiger partial charge in [0.2, 0.25) is 0 Å². The SMILES string of the molecule is CCC(Cl)C1CC1=O.COc1cccc2cccnc12. The lowest BCUT2D eigenvalue weighted by Crippen LogP contribution is -1.99. The predicted molar refractivity (Wildman–Crippen MR) is 81.3 cm³/mol. The molecule has 1 aliphatic carbocycles. The maximum absolute atomic E-state index is 10.4. The molecule has 0 N–H and O–H groups in total. The molecular formula is C16H18ClNO2. The number of pyridine rings is 1. The first-order chi connectivity index (χ1) is 9.67. The number of carbonyl (C=O) groups excluding carboxylic acids is 1. The molecule has 2 atom stereocenters. The zero-order valence-electron chi connectivity index (χ0n) is 11.7. The van der Waals surface area contributed by atoms with Crippen LogP contribution >= 0.6 is 11.6 Å². The summed E-state index contributed by atoms with van der Waals surface area (Å²) in [5, 5.41) is 1.22. The Bertz CT molecular complexity index is 595. The van der Waals surface area contributed by atoms with Gasteiger partial charge in [0, 0.05) is 29.3 Å². The summed E-state index contributed by atoms with van der Waals surface area (Å²) in [4.78, 5) is 14.6. The standard InChI is InChI=1S/C10H9NO.C6H9ClO/c1-12-9-6-2-4-8-5-3-7-11-10(8)9;1-2-5(7)4-3-6(4)8/h2-7H,1H3;4-5H,2-3H2,1H3. The lowest BCUT2D eigenvalue weighted by Gasteiger charge is -2.02. The molecule has 1 aromatic carbocycles. The number of ketones is 1. The lowest BCUT2D eigenvalue weighted by atomic mass is 10.2. The van der Waals surface area contributed by atoms with E-state index in [1.807, 2.05) is 37.3 Å². The third-order valence-electron chi connectivity index (χ3n) is 3.32. The van der Waals surface area contributed by atoms with Gasteiger partial charge in [0.15, 0.2) is 0 Å². The Labute approximate surface area is 123 Å². The Morgan fingerprint density at radius 3 is 2.65 bits per heavy atom. The van der Waals surface area contributed by atoms with Crippen molar-refractivity contribution in [1.82, 2.24) is 4.98 Å². The average Bonchev–Trinajstić information content (AvgIpc) is 3.23. The van der Waals surface area contributed by atoms with Gasteiger partial charge in [0.25, 0.3) is 0 Å². The number of methoxy groups -OCH3 is 1. The predicted octanol–water partition coefficient (Wildman–Crippen LogP) is 3.84. The van der Waals surface area contributed by atoms with Gasteiger partial charge in [-0.1, -0.05) is 25.1 Å². The van der Waals surface area contributed by atoms with Crippen LogP contribution < -0.4 is 4.74 Å². The van der Waals surface area contributed by atoms with Crippen molar-refractivity contribution in [2.45, 2.75) is 25.1 Å². The molecule has 4 heteroatoms. The molecule has 1 fully saturated rings. The molecule has 20 heavy (non-hydrogen) atoms. The van der Waals surface area contributed by atoms with Gasteiger partial charge in [-0.3, -0.25) is 9.78 Å². The van der Waals surface area contributed by atoms with E-state index in [1.165, 1.54) is 0 Å². The minimum absolute atomic E-state index is 0.113. The van der Waals surface area contributed by atoms with Crippen molar-refractivity contribution in [3.63, 3.8) is 0 Å². The second-order valence-electron chi connectivity index (χ2n) is 4.74. The van der Waals surface area contributed by atoms with Crippen molar-refractivity contribution >= 4 is 28.3 Å². The fourth-order valence-electron chi connectivity index (χ4n) is 2.01. The molecule has 0 saturated heterocycles. The van der Waals surface area contributed by atoms with Crippen molar-refractivity contribution in [2.24, 2.45) is 5.92 Å². The Hall–Kier alpha value is -1.61. The summed E-state index contributed by atoms with van der Waals surface area (Å²) in [5.41, 5.74) is 0.919. The van der Waals surface area contributed by atoms with Crippen molar-refractivity contribution in [2.75, 3.05) is 7.11 Å². The number of aromatic nitrogens is 1.